The second-order valence-electron chi connectivity index (χ2n) is 10.6. The molecular weight excluding hydrogens is 480 g/mol. The van der Waals surface area contributed by atoms with Crippen LogP contribution in [0, 0.1) is 0 Å². The number of nitrogens with zero attached hydrogens (tertiary/aromatic N) is 2. The molecule has 0 radical (unpaired) electrons. The molecule has 6 nitrogen and oxygen atoms in total. The summed E-state index contributed by atoms with van der Waals surface area (Å²) in [6, 6.07) is 13.9. The molecule has 1 saturated heterocycles. The monoisotopic (exact) mass is 518 g/mol. The SMILES string of the molecule is CC(C)c1c(C(N)=O)ccc(N(c2cccc(C(N)=O)c2)C2CCN(Cc3ccsc3)CC2)c1C(C)C. The van der Waals surface area contributed by atoms with Crippen molar-refractivity contribution in [3.63, 3.8) is 0 Å². The maximum Gasteiger partial charge on any atom is 0.248 e. The van der Waals surface area contributed by atoms with Gasteiger partial charge in [-0.3, -0.25) is 14.5 Å². The Morgan fingerprint density at radius 1 is 0.973 bits per heavy atom. The van der Waals surface area contributed by atoms with Gasteiger partial charge in [0, 0.05) is 48.2 Å². The maximum absolute atomic E-state index is 12.4. The van der Waals surface area contributed by atoms with Crippen molar-refractivity contribution in [1.82, 2.24) is 4.90 Å². The summed E-state index contributed by atoms with van der Waals surface area (Å²) in [6.45, 7) is 11.5. The smallest absolute Gasteiger partial charge is 0.248 e. The van der Waals surface area contributed by atoms with E-state index in [2.05, 4.69) is 54.3 Å². The second-order valence-corrected chi connectivity index (χ2v) is 11.3. The van der Waals surface area contributed by atoms with Crippen LogP contribution in [-0.4, -0.2) is 35.8 Å². The average Bonchev–Trinajstić information content (AvgIpc) is 3.37. The summed E-state index contributed by atoms with van der Waals surface area (Å²) in [7, 11) is 0. The molecule has 0 spiro atoms. The molecule has 0 saturated carbocycles. The third kappa shape index (κ3) is 5.89. The average molecular weight is 519 g/mol. The van der Waals surface area contributed by atoms with Gasteiger partial charge >= 0.3 is 0 Å². The van der Waals surface area contributed by atoms with Crippen molar-refractivity contribution in [2.75, 3.05) is 18.0 Å². The van der Waals surface area contributed by atoms with E-state index in [4.69, 9.17) is 11.5 Å². The van der Waals surface area contributed by atoms with Crippen molar-refractivity contribution in [3.8, 4) is 0 Å². The van der Waals surface area contributed by atoms with Gasteiger partial charge in [-0.2, -0.15) is 11.3 Å². The first-order chi connectivity index (χ1) is 17.7. The van der Waals surface area contributed by atoms with Gasteiger partial charge < -0.3 is 16.4 Å². The van der Waals surface area contributed by atoms with E-state index in [-0.39, 0.29) is 17.9 Å². The lowest BCUT2D eigenvalue weighted by molar-refractivity contribution is 0.0991. The van der Waals surface area contributed by atoms with Gasteiger partial charge in [-0.15, -0.1) is 0 Å². The molecule has 2 amide bonds. The number of carbonyl (C=O) groups excluding carboxylic acids is 2. The Bertz CT molecular complexity index is 1240. The van der Waals surface area contributed by atoms with E-state index in [9.17, 15) is 9.59 Å². The summed E-state index contributed by atoms with van der Waals surface area (Å²) in [5.74, 6) is -0.539. The van der Waals surface area contributed by atoms with E-state index in [1.807, 2.05) is 30.3 Å². The molecule has 196 valence electrons. The highest BCUT2D eigenvalue weighted by Crippen LogP contribution is 2.42. The van der Waals surface area contributed by atoms with Crippen molar-refractivity contribution >= 4 is 34.5 Å². The van der Waals surface area contributed by atoms with Crippen LogP contribution in [0.15, 0.2) is 53.2 Å². The zero-order valence-electron chi connectivity index (χ0n) is 22.2. The summed E-state index contributed by atoms with van der Waals surface area (Å²) in [5.41, 5.74) is 18.1. The number of benzene rings is 2. The highest BCUT2D eigenvalue weighted by molar-refractivity contribution is 7.07. The van der Waals surface area contributed by atoms with Crippen LogP contribution in [-0.2, 0) is 6.54 Å². The number of carbonyl (C=O) groups is 2. The number of piperidine rings is 1. The molecule has 3 aromatic rings. The Balaban J connectivity index is 1.79. The highest BCUT2D eigenvalue weighted by atomic mass is 32.1. The Labute approximate surface area is 224 Å². The Morgan fingerprint density at radius 2 is 1.68 bits per heavy atom. The predicted molar refractivity (Wildman–Crippen MR) is 153 cm³/mol. The number of primary amides is 2. The van der Waals surface area contributed by atoms with Gasteiger partial charge in [0.25, 0.3) is 0 Å². The van der Waals surface area contributed by atoms with Gasteiger partial charge in [0.05, 0.1) is 0 Å². The van der Waals surface area contributed by atoms with E-state index in [1.54, 1.807) is 17.4 Å². The fourth-order valence-corrected chi connectivity index (χ4v) is 6.27. The summed E-state index contributed by atoms with van der Waals surface area (Å²) in [4.78, 5) is 29.3. The first kappa shape index (κ1) is 26.9. The van der Waals surface area contributed by atoms with Crippen LogP contribution >= 0.6 is 11.3 Å². The fraction of sp³-hybridized carbons (Fsp3) is 0.400. The molecule has 0 atom stereocenters. The van der Waals surface area contributed by atoms with Gasteiger partial charge in [-0.05, 0) is 88.5 Å². The van der Waals surface area contributed by atoms with E-state index in [1.165, 1.54) is 5.56 Å². The van der Waals surface area contributed by atoms with Crippen LogP contribution in [0.5, 0.6) is 0 Å². The van der Waals surface area contributed by atoms with Crippen LogP contribution in [0.1, 0.15) is 89.8 Å². The van der Waals surface area contributed by atoms with Gasteiger partial charge in [0.15, 0.2) is 0 Å². The van der Waals surface area contributed by atoms with Crippen LogP contribution in [0.4, 0.5) is 11.4 Å². The van der Waals surface area contributed by atoms with Gasteiger partial charge in [-0.1, -0.05) is 33.8 Å². The minimum atomic E-state index is -0.441. The van der Waals surface area contributed by atoms with Crippen LogP contribution < -0.4 is 16.4 Å². The molecule has 37 heavy (non-hydrogen) atoms. The van der Waals surface area contributed by atoms with E-state index < -0.39 is 11.8 Å². The molecule has 7 heteroatoms. The Morgan fingerprint density at radius 3 is 2.24 bits per heavy atom. The maximum atomic E-state index is 12.4. The van der Waals surface area contributed by atoms with E-state index in [0.29, 0.717) is 11.1 Å². The lowest BCUT2D eigenvalue weighted by Gasteiger charge is -2.41. The van der Waals surface area contributed by atoms with Crippen LogP contribution in [0.3, 0.4) is 0 Å². The van der Waals surface area contributed by atoms with Gasteiger partial charge in [0.1, 0.15) is 0 Å². The Hall–Kier alpha value is -3.16. The molecule has 1 aromatic heterocycles. The van der Waals surface area contributed by atoms with Crippen molar-refractivity contribution < 1.29 is 9.59 Å². The van der Waals surface area contributed by atoms with E-state index in [0.717, 1.165) is 55.0 Å². The molecule has 0 bridgehead atoms. The summed E-state index contributed by atoms with van der Waals surface area (Å²) in [5, 5.41) is 4.35. The molecule has 1 aliphatic rings. The number of nitrogens with two attached hydrogens (primary N) is 2. The molecular formula is C30H38N4O2S. The van der Waals surface area contributed by atoms with Crippen LogP contribution in [0.25, 0.3) is 0 Å². The second kappa shape index (κ2) is 11.5. The highest BCUT2D eigenvalue weighted by Gasteiger charge is 2.31. The molecule has 4 N–H and O–H groups in total. The third-order valence-corrected chi connectivity index (χ3v) is 7.99. The summed E-state index contributed by atoms with van der Waals surface area (Å²) < 4.78 is 0. The lowest BCUT2D eigenvalue weighted by atomic mass is 9.84. The standard InChI is InChI=1S/C30H38N4O2S/c1-19(2)27-25(30(32)36)8-9-26(28(27)20(3)4)34(24-7-5-6-22(16-24)29(31)35)23-10-13-33(14-11-23)17-21-12-15-37-18-21/h5-9,12,15-16,18-20,23H,10-11,13-14,17H2,1-4H3,(H2,31,35)(H2,32,36). The summed E-state index contributed by atoms with van der Waals surface area (Å²) >= 11 is 1.74. The zero-order valence-corrected chi connectivity index (χ0v) is 23.1. The largest absolute Gasteiger partial charge is 0.366 e. The fourth-order valence-electron chi connectivity index (χ4n) is 5.61. The lowest BCUT2D eigenvalue weighted by Crippen LogP contribution is -2.43. The number of likely N-dealkylation sites (tertiary alicyclic amines) is 1. The Kier molecular flexibility index (Phi) is 8.35. The quantitative estimate of drug-likeness (QED) is 0.364. The number of rotatable bonds is 9. The minimum absolute atomic E-state index is 0.131. The van der Waals surface area contributed by atoms with Crippen molar-refractivity contribution in [3.05, 3.63) is 81.0 Å². The summed E-state index contributed by atoms with van der Waals surface area (Å²) in [6.07, 6.45) is 1.97. The van der Waals surface area contributed by atoms with Gasteiger partial charge in [-0.25, -0.2) is 0 Å². The van der Waals surface area contributed by atoms with Crippen LogP contribution in [0.2, 0.25) is 0 Å². The predicted octanol–water partition coefficient (Wildman–Crippen LogP) is 6.00. The molecule has 0 aliphatic carbocycles. The first-order valence-electron chi connectivity index (χ1n) is 13.1. The molecule has 2 heterocycles. The molecule has 1 fully saturated rings. The molecule has 1 aliphatic heterocycles. The number of anilines is 2. The van der Waals surface area contributed by atoms with Crippen molar-refractivity contribution in [2.45, 2.75) is 65.0 Å². The third-order valence-electron chi connectivity index (χ3n) is 7.26. The number of hydrogen-bond acceptors (Lipinski definition) is 5. The van der Waals surface area contributed by atoms with Crippen molar-refractivity contribution in [1.29, 1.82) is 0 Å². The van der Waals surface area contributed by atoms with E-state index >= 15 is 0 Å². The van der Waals surface area contributed by atoms with Gasteiger partial charge in [0.2, 0.25) is 11.8 Å². The molecule has 0 unspecified atom stereocenters. The topological polar surface area (TPSA) is 92.7 Å². The normalized spacial score (nSPS) is 14.9. The minimum Gasteiger partial charge on any atom is -0.366 e. The van der Waals surface area contributed by atoms with Crippen molar-refractivity contribution in [2.24, 2.45) is 11.5 Å². The number of hydrogen-bond donors (Lipinski definition) is 2. The molecule has 2 aromatic carbocycles. The number of thiophene rings is 1. The first-order valence-corrected chi connectivity index (χ1v) is 14.0. The molecule has 4 rings (SSSR count). The zero-order chi connectivity index (χ0) is 26.7. The number of amides is 2.